The molecule has 4 aliphatic carbocycles. The Morgan fingerprint density at radius 3 is 2.18 bits per heavy atom. The third kappa shape index (κ3) is 0.605. The van der Waals surface area contributed by atoms with Crippen LogP contribution in [0.4, 0.5) is 4.39 Å². The molecule has 0 aliphatic heterocycles. The summed E-state index contributed by atoms with van der Waals surface area (Å²) in [5.41, 5.74) is -0.853. The molecular formula is C9H13FO. The highest BCUT2D eigenvalue weighted by atomic mass is 19.1. The summed E-state index contributed by atoms with van der Waals surface area (Å²) in [6.07, 6.45) is 3.03. The highest BCUT2D eigenvalue weighted by Crippen LogP contribution is 2.62. The van der Waals surface area contributed by atoms with Gasteiger partial charge in [0.1, 0.15) is 5.67 Å². The predicted molar refractivity (Wildman–Crippen MR) is 38.8 cm³/mol. The molecule has 2 heteroatoms. The minimum absolute atomic E-state index is 0.169. The van der Waals surface area contributed by atoms with Gasteiger partial charge in [-0.15, -0.1) is 0 Å². The average molecular weight is 156 g/mol. The van der Waals surface area contributed by atoms with E-state index in [1.54, 1.807) is 0 Å². The Morgan fingerprint density at radius 1 is 1.18 bits per heavy atom. The van der Waals surface area contributed by atoms with Gasteiger partial charge in [0.05, 0.1) is 6.10 Å². The molecule has 0 aromatic rings. The second-order valence-corrected chi connectivity index (χ2v) is 4.62. The van der Waals surface area contributed by atoms with E-state index < -0.39 is 5.67 Å². The molecule has 4 aliphatic rings. The van der Waals surface area contributed by atoms with Crippen molar-refractivity contribution >= 4 is 0 Å². The van der Waals surface area contributed by atoms with E-state index >= 15 is 0 Å². The molecule has 0 aromatic carbocycles. The molecule has 4 saturated carbocycles. The maximum absolute atomic E-state index is 13.8. The molecule has 2 unspecified atom stereocenters. The van der Waals surface area contributed by atoms with Gasteiger partial charge in [0.15, 0.2) is 0 Å². The highest BCUT2D eigenvalue weighted by molar-refractivity contribution is 5.11. The monoisotopic (exact) mass is 156 g/mol. The molecule has 0 spiro atoms. The van der Waals surface area contributed by atoms with Crippen molar-refractivity contribution in [2.75, 3.05) is 0 Å². The zero-order chi connectivity index (χ0) is 7.64. The fourth-order valence-electron chi connectivity index (χ4n) is 3.61. The van der Waals surface area contributed by atoms with Gasteiger partial charge in [-0.2, -0.15) is 0 Å². The number of aliphatic hydroxyl groups excluding tert-OH is 1. The number of hydrogen-bond acceptors (Lipinski definition) is 1. The van der Waals surface area contributed by atoms with E-state index in [9.17, 15) is 9.50 Å². The summed E-state index contributed by atoms with van der Waals surface area (Å²) in [6, 6.07) is 0. The first-order valence-corrected chi connectivity index (χ1v) is 4.56. The van der Waals surface area contributed by atoms with Crippen molar-refractivity contribution in [3.05, 3.63) is 0 Å². The van der Waals surface area contributed by atoms with Gasteiger partial charge in [0, 0.05) is 0 Å². The molecular weight excluding hydrogens is 143 g/mol. The Balaban J connectivity index is 2.02. The summed E-state index contributed by atoms with van der Waals surface area (Å²) >= 11 is 0. The standard InChI is InChI=1S/C9H13FO/c10-9-3-5-1-7(9)2-6(4-9)8(5)11/h5-8,11H,1-4H2. The molecule has 0 aromatic heterocycles. The van der Waals surface area contributed by atoms with Crippen LogP contribution in [-0.2, 0) is 0 Å². The normalized spacial score (nSPS) is 66.0. The average Bonchev–Trinajstić information content (AvgIpc) is 2.31. The van der Waals surface area contributed by atoms with Crippen LogP contribution in [0.3, 0.4) is 0 Å². The quantitative estimate of drug-likeness (QED) is 0.563. The minimum atomic E-state index is -0.853. The van der Waals surface area contributed by atoms with E-state index in [-0.39, 0.29) is 6.10 Å². The Labute approximate surface area is 65.6 Å². The van der Waals surface area contributed by atoms with Gasteiger partial charge in [-0.3, -0.25) is 0 Å². The van der Waals surface area contributed by atoms with E-state index in [0.29, 0.717) is 30.6 Å². The lowest BCUT2D eigenvalue weighted by Gasteiger charge is -2.32. The van der Waals surface area contributed by atoms with Gasteiger partial charge in [0.2, 0.25) is 0 Å². The van der Waals surface area contributed by atoms with Crippen LogP contribution in [0.5, 0.6) is 0 Å². The molecule has 4 bridgehead atoms. The topological polar surface area (TPSA) is 20.2 Å². The Bertz CT molecular complexity index is 188. The number of halogens is 1. The van der Waals surface area contributed by atoms with Crippen molar-refractivity contribution in [3.63, 3.8) is 0 Å². The van der Waals surface area contributed by atoms with Gasteiger partial charge in [-0.05, 0) is 43.4 Å². The van der Waals surface area contributed by atoms with Crippen molar-refractivity contribution in [1.82, 2.24) is 0 Å². The SMILES string of the molecule is OC1C2CC3CC1CC3(F)C2. The second kappa shape index (κ2) is 1.63. The van der Waals surface area contributed by atoms with Crippen molar-refractivity contribution in [2.45, 2.75) is 37.5 Å². The molecule has 0 heterocycles. The van der Waals surface area contributed by atoms with Gasteiger partial charge >= 0.3 is 0 Å². The van der Waals surface area contributed by atoms with Gasteiger partial charge in [-0.25, -0.2) is 4.39 Å². The summed E-state index contributed by atoms with van der Waals surface area (Å²) in [5.74, 6) is 0.913. The number of aliphatic hydroxyl groups is 1. The summed E-state index contributed by atoms with van der Waals surface area (Å²) in [6.45, 7) is 0. The fraction of sp³-hybridized carbons (Fsp3) is 1.00. The summed E-state index contributed by atoms with van der Waals surface area (Å²) < 4.78 is 13.8. The first-order valence-electron chi connectivity index (χ1n) is 4.56. The van der Waals surface area contributed by atoms with Crippen LogP contribution >= 0.6 is 0 Å². The molecule has 2 atom stereocenters. The molecule has 0 radical (unpaired) electrons. The third-order valence-electron chi connectivity index (χ3n) is 4.08. The minimum Gasteiger partial charge on any atom is -0.393 e. The summed E-state index contributed by atoms with van der Waals surface area (Å²) in [7, 11) is 0. The lowest BCUT2D eigenvalue weighted by molar-refractivity contribution is 0.00217. The summed E-state index contributed by atoms with van der Waals surface area (Å²) in [5, 5.41) is 9.65. The van der Waals surface area contributed by atoms with E-state index in [2.05, 4.69) is 0 Å². The third-order valence-corrected chi connectivity index (χ3v) is 4.08. The van der Waals surface area contributed by atoms with Gasteiger partial charge < -0.3 is 5.11 Å². The van der Waals surface area contributed by atoms with Gasteiger partial charge in [-0.1, -0.05) is 0 Å². The molecule has 1 nitrogen and oxygen atoms in total. The lowest BCUT2D eigenvalue weighted by atomic mass is 9.79. The molecule has 62 valence electrons. The fourth-order valence-corrected chi connectivity index (χ4v) is 3.61. The van der Waals surface area contributed by atoms with E-state index in [1.165, 1.54) is 0 Å². The van der Waals surface area contributed by atoms with Crippen LogP contribution in [0.25, 0.3) is 0 Å². The van der Waals surface area contributed by atoms with Crippen molar-refractivity contribution in [3.8, 4) is 0 Å². The molecule has 0 amide bonds. The predicted octanol–water partition coefficient (Wildman–Crippen LogP) is 1.51. The Morgan fingerprint density at radius 2 is 1.73 bits per heavy atom. The lowest BCUT2D eigenvalue weighted by Crippen LogP contribution is -2.34. The largest absolute Gasteiger partial charge is 0.393 e. The number of rotatable bonds is 0. The number of hydrogen-bond donors (Lipinski definition) is 1. The van der Waals surface area contributed by atoms with Crippen LogP contribution in [0.2, 0.25) is 0 Å². The maximum Gasteiger partial charge on any atom is 0.114 e. The second-order valence-electron chi connectivity index (χ2n) is 4.62. The van der Waals surface area contributed by atoms with Crippen molar-refractivity contribution in [1.29, 1.82) is 0 Å². The zero-order valence-electron chi connectivity index (χ0n) is 6.46. The van der Waals surface area contributed by atoms with Gasteiger partial charge in [0.25, 0.3) is 0 Å². The highest BCUT2D eigenvalue weighted by Gasteiger charge is 2.62. The van der Waals surface area contributed by atoms with Crippen LogP contribution in [-0.4, -0.2) is 16.9 Å². The molecule has 4 fully saturated rings. The van der Waals surface area contributed by atoms with Crippen LogP contribution in [0.15, 0.2) is 0 Å². The van der Waals surface area contributed by atoms with E-state index in [1.807, 2.05) is 0 Å². The van der Waals surface area contributed by atoms with Crippen molar-refractivity contribution in [2.24, 2.45) is 17.8 Å². The Kier molecular flexibility index (Phi) is 0.951. The molecule has 1 N–H and O–H groups in total. The summed E-state index contributed by atoms with van der Waals surface area (Å²) in [4.78, 5) is 0. The molecule has 4 rings (SSSR count). The van der Waals surface area contributed by atoms with Crippen LogP contribution < -0.4 is 0 Å². The molecule has 11 heavy (non-hydrogen) atoms. The smallest absolute Gasteiger partial charge is 0.114 e. The maximum atomic E-state index is 13.8. The van der Waals surface area contributed by atoms with E-state index in [4.69, 9.17) is 0 Å². The first-order chi connectivity index (χ1) is 5.19. The molecule has 0 saturated heterocycles. The Hall–Kier alpha value is -0.110. The van der Waals surface area contributed by atoms with Crippen LogP contribution in [0.1, 0.15) is 25.7 Å². The van der Waals surface area contributed by atoms with Crippen LogP contribution in [0, 0.1) is 17.8 Å². The van der Waals surface area contributed by atoms with Crippen molar-refractivity contribution < 1.29 is 9.50 Å². The number of alkyl halides is 1. The van der Waals surface area contributed by atoms with E-state index in [0.717, 1.165) is 12.8 Å². The first kappa shape index (κ1) is 6.41. The zero-order valence-corrected chi connectivity index (χ0v) is 6.46.